The van der Waals surface area contributed by atoms with Crippen molar-refractivity contribution in [2.45, 2.75) is 23.8 Å². The predicted octanol–water partition coefficient (Wildman–Crippen LogP) is 1.16. The molecule has 4 nitrogen and oxygen atoms in total. The van der Waals surface area contributed by atoms with Crippen LogP contribution in [0.2, 0.25) is 0 Å². The summed E-state index contributed by atoms with van der Waals surface area (Å²) in [4.78, 5) is 17.3. The van der Waals surface area contributed by atoms with Crippen molar-refractivity contribution >= 4 is 11.8 Å². The summed E-state index contributed by atoms with van der Waals surface area (Å²) in [5, 5.41) is 9.02. The minimum Gasteiger partial charge on any atom is -0.301 e. The number of thioether (sulfide) groups is 1. The zero-order chi connectivity index (χ0) is 9.68. The summed E-state index contributed by atoms with van der Waals surface area (Å²) in [6.07, 6.45) is 2.17. The average Bonchev–Trinajstić information content (AvgIpc) is 2.14. The second kappa shape index (κ2) is 4.67. The molecule has 1 atom stereocenters. The smallest absolute Gasteiger partial charge is 0.251 e. The number of aromatic nitrogens is 2. The van der Waals surface area contributed by atoms with Gasteiger partial charge in [-0.05, 0) is 6.42 Å². The zero-order valence-corrected chi connectivity index (χ0v) is 7.97. The maximum Gasteiger partial charge on any atom is 0.251 e. The summed E-state index contributed by atoms with van der Waals surface area (Å²) in [7, 11) is 0. The molecule has 13 heavy (non-hydrogen) atoms. The molecule has 0 aromatic carbocycles. The van der Waals surface area contributed by atoms with E-state index < -0.39 is 0 Å². The lowest BCUT2D eigenvalue weighted by Crippen LogP contribution is -2.07. The van der Waals surface area contributed by atoms with Gasteiger partial charge in [-0.25, -0.2) is 4.98 Å². The van der Waals surface area contributed by atoms with Gasteiger partial charge in [-0.15, -0.1) is 0 Å². The number of H-pyrrole nitrogens is 1. The number of nitriles is 1. The highest BCUT2D eigenvalue weighted by atomic mass is 32.2. The number of nitrogens with one attached hydrogen (secondary N) is 1. The molecule has 0 amide bonds. The van der Waals surface area contributed by atoms with Gasteiger partial charge in [-0.2, -0.15) is 5.26 Å². The van der Waals surface area contributed by atoms with E-state index in [1.54, 1.807) is 0 Å². The molecule has 5 heteroatoms. The normalized spacial score (nSPS) is 12.0. The molecule has 1 heterocycles. The molecule has 0 aliphatic carbocycles. The van der Waals surface area contributed by atoms with Crippen LogP contribution in [0.1, 0.15) is 13.3 Å². The highest BCUT2D eigenvalue weighted by Gasteiger charge is 2.07. The van der Waals surface area contributed by atoms with Gasteiger partial charge in [-0.1, -0.05) is 18.7 Å². The lowest BCUT2D eigenvalue weighted by Gasteiger charge is -2.02. The van der Waals surface area contributed by atoms with E-state index in [1.807, 2.05) is 6.92 Å². The number of aromatic amines is 1. The van der Waals surface area contributed by atoms with Crippen LogP contribution in [-0.4, -0.2) is 15.2 Å². The summed E-state index contributed by atoms with van der Waals surface area (Å²) in [5.74, 6) is 0. The van der Waals surface area contributed by atoms with E-state index in [2.05, 4.69) is 16.0 Å². The van der Waals surface area contributed by atoms with Gasteiger partial charge in [0.15, 0.2) is 5.16 Å². The molecule has 68 valence electrons. The largest absolute Gasteiger partial charge is 0.301 e. The molecule has 1 unspecified atom stereocenters. The minimum absolute atomic E-state index is 0.148. The highest BCUT2D eigenvalue weighted by molar-refractivity contribution is 8.00. The van der Waals surface area contributed by atoms with Crippen LogP contribution in [0.15, 0.2) is 22.2 Å². The van der Waals surface area contributed by atoms with Crippen molar-refractivity contribution in [3.05, 3.63) is 22.6 Å². The Balaban J connectivity index is 2.75. The van der Waals surface area contributed by atoms with Crippen molar-refractivity contribution in [1.29, 1.82) is 5.26 Å². The van der Waals surface area contributed by atoms with Gasteiger partial charge in [-0.3, -0.25) is 4.79 Å². The third kappa shape index (κ3) is 2.92. The summed E-state index contributed by atoms with van der Waals surface area (Å²) < 4.78 is 0. The SMILES string of the molecule is CCC(C#N)Sc1nccc(=O)[nH]1. The molecule has 0 saturated carbocycles. The first-order valence-corrected chi connectivity index (χ1v) is 4.76. The zero-order valence-electron chi connectivity index (χ0n) is 7.15. The first kappa shape index (κ1) is 9.81. The van der Waals surface area contributed by atoms with E-state index >= 15 is 0 Å². The first-order valence-electron chi connectivity index (χ1n) is 3.88. The molecule has 0 spiro atoms. The highest BCUT2D eigenvalue weighted by Crippen LogP contribution is 2.19. The molecule has 1 aromatic heterocycles. The Kier molecular flexibility index (Phi) is 3.53. The Hall–Kier alpha value is -1.28. The van der Waals surface area contributed by atoms with Gasteiger partial charge in [0.25, 0.3) is 5.56 Å². The number of hydrogen-bond donors (Lipinski definition) is 1. The molecule has 0 fully saturated rings. The van der Waals surface area contributed by atoms with E-state index in [-0.39, 0.29) is 10.8 Å². The van der Waals surface area contributed by atoms with Crippen LogP contribution in [0.5, 0.6) is 0 Å². The van der Waals surface area contributed by atoms with E-state index in [0.717, 1.165) is 6.42 Å². The summed E-state index contributed by atoms with van der Waals surface area (Å²) in [6.45, 7) is 1.92. The lowest BCUT2D eigenvalue weighted by atomic mass is 10.4. The van der Waals surface area contributed by atoms with E-state index in [9.17, 15) is 4.79 Å². The van der Waals surface area contributed by atoms with Crippen molar-refractivity contribution in [3.63, 3.8) is 0 Å². The quantitative estimate of drug-likeness (QED) is 0.580. The van der Waals surface area contributed by atoms with Gasteiger partial charge in [0.05, 0.1) is 11.3 Å². The van der Waals surface area contributed by atoms with Gasteiger partial charge < -0.3 is 4.98 Å². The third-order valence-corrected chi connectivity index (χ3v) is 2.57. The first-order chi connectivity index (χ1) is 6.26. The van der Waals surface area contributed by atoms with Crippen LogP contribution < -0.4 is 5.56 Å². The maximum atomic E-state index is 10.9. The van der Waals surface area contributed by atoms with Gasteiger partial charge in [0, 0.05) is 12.3 Å². The lowest BCUT2D eigenvalue weighted by molar-refractivity contribution is 0.915. The molecule has 0 radical (unpaired) electrons. The second-order valence-corrected chi connectivity index (χ2v) is 3.57. The van der Waals surface area contributed by atoms with Gasteiger partial charge >= 0.3 is 0 Å². The Bertz CT molecular complexity index is 368. The molecule has 0 aliphatic heterocycles. The van der Waals surface area contributed by atoms with Crippen LogP contribution in [0, 0.1) is 11.3 Å². The molecular weight excluding hydrogens is 186 g/mol. The Morgan fingerprint density at radius 3 is 3.15 bits per heavy atom. The number of rotatable bonds is 3. The summed E-state index contributed by atoms with van der Waals surface area (Å²) in [6, 6.07) is 3.47. The second-order valence-electron chi connectivity index (χ2n) is 2.38. The Morgan fingerprint density at radius 2 is 2.62 bits per heavy atom. The topological polar surface area (TPSA) is 69.5 Å². The van der Waals surface area contributed by atoms with Crippen molar-refractivity contribution in [2.24, 2.45) is 0 Å². The van der Waals surface area contributed by atoms with Crippen LogP contribution in [0.25, 0.3) is 0 Å². The standard InChI is InChI=1S/C8H9N3OS/c1-2-6(5-9)13-8-10-4-3-7(12)11-8/h3-4,6H,2H2,1H3,(H,10,11,12). The fraction of sp³-hybridized carbons (Fsp3) is 0.375. The molecule has 1 rings (SSSR count). The van der Waals surface area contributed by atoms with E-state index in [0.29, 0.717) is 5.16 Å². The van der Waals surface area contributed by atoms with Crippen molar-refractivity contribution < 1.29 is 0 Å². The molecular formula is C8H9N3OS. The Morgan fingerprint density at radius 1 is 1.85 bits per heavy atom. The van der Waals surface area contributed by atoms with Gasteiger partial charge in [0.1, 0.15) is 0 Å². The summed E-state index contributed by atoms with van der Waals surface area (Å²) in [5.41, 5.74) is -0.190. The monoisotopic (exact) mass is 195 g/mol. The van der Waals surface area contributed by atoms with Crippen molar-refractivity contribution in [1.82, 2.24) is 9.97 Å². The minimum atomic E-state index is -0.190. The van der Waals surface area contributed by atoms with Crippen LogP contribution in [-0.2, 0) is 0 Å². The molecule has 1 aromatic rings. The predicted molar refractivity (Wildman–Crippen MR) is 50.4 cm³/mol. The molecule has 0 saturated heterocycles. The third-order valence-electron chi connectivity index (χ3n) is 1.42. The Labute approximate surface area is 80.0 Å². The summed E-state index contributed by atoms with van der Waals surface area (Å²) >= 11 is 1.28. The number of nitrogens with zero attached hydrogens (tertiary/aromatic N) is 2. The fourth-order valence-electron chi connectivity index (χ4n) is 0.748. The average molecular weight is 195 g/mol. The molecule has 0 aliphatic rings. The van der Waals surface area contributed by atoms with Crippen LogP contribution in [0.3, 0.4) is 0 Å². The van der Waals surface area contributed by atoms with Crippen LogP contribution in [0.4, 0.5) is 0 Å². The molecule has 1 N–H and O–H groups in total. The fourth-order valence-corrected chi connectivity index (χ4v) is 1.52. The molecule has 0 bridgehead atoms. The van der Waals surface area contributed by atoms with Crippen molar-refractivity contribution in [3.8, 4) is 6.07 Å². The van der Waals surface area contributed by atoms with E-state index in [1.165, 1.54) is 24.0 Å². The van der Waals surface area contributed by atoms with Crippen LogP contribution >= 0.6 is 11.8 Å². The van der Waals surface area contributed by atoms with Crippen molar-refractivity contribution in [2.75, 3.05) is 0 Å². The van der Waals surface area contributed by atoms with E-state index in [4.69, 9.17) is 5.26 Å². The maximum absolute atomic E-state index is 10.9. The van der Waals surface area contributed by atoms with Gasteiger partial charge in [0.2, 0.25) is 0 Å². The number of hydrogen-bond acceptors (Lipinski definition) is 4.